The number of rotatable bonds is 16. The van der Waals surface area contributed by atoms with Crippen LogP contribution in [0.1, 0.15) is 74.4 Å². The van der Waals surface area contributed by atoms with Gasteiger partial charge in [0, 0.05) is 0 Å². The first-order valence-corrected chi connectivity index (χ1v) is 17.6. The monoisotopic (exact) mass is 732 g/mol. The van der Waals surface area contributed by atoms with Crippen molar-refractivity contribution in [2.24, 2.45) is 11.8 Å². The van der Waals surface area contributed by atoms with E-state index in [4.69, 9.17) is 42.6 Å². The zero-order valence-corrected chi connectivity index (χ0v) is 32.1. The van der Waals surface area contributed by atoms with Crippen molar-refractivity contribution in [3.63, 3.8) is 0 Å². The van der Waals surface area contributed by atoms with Gasteiger partial charge < -0.3 is 52.8 Å². The Hall–Kier alpha value is -4.84. The van der Waals surface area contributed by atoms with Crippen LogP contribution in [0.4, 0.5) is 0 Å². The zero-order valence-electron chi connectivity index (χ0n) is 32.1. The molecule has 0 saturated carbocycles. The van der Waals surface area contributed by atoms with E-state index in [0.717, 1.165) is 11.1 Å². The first-order valence-electron chi connectivity index (χ1n) is 17.6. The third-order valence-corrected chi connectivity index (χ3v) is 10.1. The molecule has 11 heteroatoms. The first kappa shape index (κ1) is 39.4. The zero-order chi connectivity index (χ0) is 38.4. The van der Waals surface area contributed by atoms with Gasteiger partial charge in [-0.05, 0) is 96.5 Å². The molecular formula is C42H52O11. The molecule has 11 nitrogen and oxygen atoms in total. The van der Waals surface area contributed by atoms with Crippen LogP contribution < -0.4 is 37.9 Å². The van der Waals surface area contributed by atoms with Crippen LogP contribution in [0.2, 0.25) is 0 Å². The van der Waals surface area contributed by atoms with E-state index >= 15 is 0 Å². The molecule has 1 fully saturated rings. The van der Waals surface area contributed by atoms with Gasteiger partial charge >= 0.3 is 0 Å². The van der Waals surface area contributed by atoms with E-state index in [2.05, 4.69) is 13.8 Å². The van der Waals surface area contributed by atoms with Gasteiger partial charge in [0.2, 0.25) is 0 Å². The van der Waals surface area contributed by atoms with Crippen molar-refractivity contribution in [3.05, 3.63) is 95.1 Å². The number of benzene rings is 4. The Kier molecular flexibility index (Phi) is 12.9. The summed E-state index contributed by atoms with van der Waals surface area (Å²) in [5.41, 5.74) is 3.18. The van der Waals surface area contributed by atoms with Gasteiger partial charge in [-0.3, -0.25) is 0 Å². The minimum atomic E-state index is -0.932. The van der Waals surface area contributed by atoms with Crippen molar-refractivity contribution >= 4 is 0 Å². The van der Waals surface area contributed by atoms with Gasteiger partial charge in [-0.1, -0.05) is 38.1 Å². The lowest BCUT2D eigenvalue weighted by atomic mass is 9.85. The second-order valence-corrected chi connectivity index (χ2v) is 13.3. The third kappa shape index (κ3) is 8.38. The van der Waals surface area contributed by atoms with Crippen LogP contribution in [0.3, 0.4) is 0 Å². The molecule has 0 aliphatic carbocycles. The summed E-state index contributed by atoms with van der Waals surface area (Å²) in [7, 11) is 9.43. The molecule has 0 spiro atoms. The van der Waals surface area contributed by atoms with E-state index in [-0.39, 0.29) is 24.0 Å². The van der Waals surface area contributed by atoms with E-state index < -0.39 is 24.4 Å². The number of hydrogen-bond acceptors (Lipinski definition) is 11. The summed E-state index contributed by atoms with van der Waals surface area (Å²) in [4.78, 5) is 0. The van der Waals surface area contributed by atoms with Gasteiger partial charge in [0.25, 0.3) is 0 Å². The topological polar surface area (TPSA) is 124 Å². The van der Waals surface area contributed by atoms with Gasteiger partial charge in [0.15, 0.2) is 46.0 Å². The Balaban J connectivity index is 1.29. The number of aliphatic hydroxyl groups is 2. The van der Waals surface area contributed by atoms with Crippen LogP contribution in [0.15, 0.2) is 72.8 Å². The molecule has 0 bridgehead atoms. The predicted molar refractivity (Wildman–Crippen MR) is 200 cm³/mol. The summed E-state index contributed by atoms with van der Waals surface area (Å²) in [5, 5.41) is 22.2. The molecule has 4 aromatic rings. The number of aliphatic hydroxyl groups excluding tert-OH is 2. The Labute approximate surface area is 312 Å². The van der Waals surface area contributed by atoms with Crippen molar-refractivity contribution in [2.75, 3.05) is 42.7 Å². The molecule has 8 atom stereocenters. The van der Waals surface area contributed by atoms with Crippen molar-refractivity contribution in [3.8, 4) is 46.0 Å². The first-order chi connectivity index (χ1) is 25.5. The molecule has 5 rings (SSSR count). The van der Waals surface area contributed by atoms with E-state index in [1.807, 2.05) is 36.4 Å². The van der Waals surface area contributed by atoms with Crippen LogP contribution in [0.5, 0.6) is 46.0 Å². The minimum Gasteiger partial charge on any atom is -0.493 e. The Morgan fingerprint density at radius 2 is 0.774 bits per heavy atom. The molecule has 53 heavy (non-hydrogen) atoms. The van der Waals surface area contributed by atoms with E-state index in [0.29, 0.717) is 57.1 Å². The van der Waals surface area contributed by atoms with Crippen molar-refractivity contribution in [1.29, 1.82) is 0 Å². The molecule has 0 amide bonds. The van der Waals surface area contributed by atoms with Crippen LogP contribution in [0.25, 0.3) is 0 Å². The van der Waals surface area contributed by atoms with Gasteiger partial charge in [-0.15, -0.1) is 0 Å². The maximum Gasteiger partial charge on any atom is 0.161 e. The fourth-order valence-corrected chi connectivity index (χ4v) is 6.78. The fraction of sp³-hybridized carbons (Fsp3) is 0.429. The van der Waals surface area contributed by atoms with Crippen molar-refractivity contribution in [2.45, 2.75) is 64.3 Å². The molecular weight excluding hydrogens is 680 g/mol. The van der Waals surface area contributed by atoms with E-state index in [1.165, 1.54) is 0 Å². The highest BCUT2D eigenvalue weighted by atomic mass is 16.5. The minimum absolute atomic E-state index is 0.167. The number of hydrogen-bond donors (Lipinski definition) is 2. The smallest absolute Gasteiger partial charge is 0.161 e. The highest BCUT2D eigenvalue weighted by Crippen LogP contribution is 2.51. The average molecular weight is 733 g/mol. The highest BCUT2D eigenvalue weighted by Gasteiger charge is 2.41. The van der Waals surface area contributed by atoms with E-state index in [1.54, 1.807) is 92.9 Å². The van der Waals surface area contributed by atoms with Crippen molar-refractivity contribution in [1.82, 2.24) is 0 Å². The summed E-state index contributed by atoms with van der Waals surface area (Å²) in [6.07, 6.45) is -3.49. The van der Waals surface area contributed by atoms with Crippen LogP contribution in [-0.4, -0.2) is 65.1 Å². The summed E-state index contributed by atoms with van der Waals surface area (Å²) >= 11 is 0. The standard InChI is InChI=1S/C42H52O11/c1-23-24(2)42(30-14-18-34(38(22-30)50-10)52-26(4)40(44)28-12-16-32(46-6)36(20-28)48-8)53-41(23)29-13-17-33(37(21-29)49-9)51-25(3)39(43)27-11-15-31(45-5)35(19-27)47-7/h11-26,39-44H,1-10H3/t23-,24+,25-,26-,39+,40+,41+,42-/m1/s1. The van der Waals surface area contributed by atoms with Crippen LogP contribution in [-0.2, 0) is 4.74 Å². The average Bonchev–Trinajstić information content (AvgIpc) is 3.49. The molecule has 1 heterocycles. The maximum absolute atomic E-state index is 11.1. The second kappa shape index (κ2) is 17.3. The largest absolute Gasteiger partial charge is 0.493 e. The summed E-state index contributed by atoms with van der Waals surface area (Å²) in [6.45, 7) is 7.96. The van der Waals surface area contributed by atoms with Crippen LogP contribution in [0, 0.1) is 11.8 Å². The summed E-state index contributed by atoms with van der Waals surface area (Å²) < 4.78 is 52.2. The van der Waals surface area contributed by atoms with Crippen molar-refractivity contribution < 1.29 is 52.8 Å². The molecule has 4 aromatic carbocycles. The molecule has 0 unspecified atom stereocenters. The molecule has 1 aliphatic rings. The van der Waals surface area contributed by atoms with Gasteiger partial charge in [-0.2, -0.15) is 0 Å². The Morgan fingerprint density at radius 3 is 1.11 bits per heavy atom. The molecule has 2 N–H and O–H groups in total. The molecule has 1 aliphatic heterocycles. The molecule has 0 aromatic heterocycles. The molecule has 1 saturated heterocycles. The Morgan fingerprint density at radius 1 is 0.453 bits per heavy atom. The fourth-order valence-electron chi connectivity index (χ4n) is 6.78. The van der Waals surface area contributed by atoms with Gasteiger partial charge in [-0.25, -0.2) is 0 Å². The quantitative estimate of drug-likeness (QED) is 0.117. The molecule has 0 radical (unpaired) electrons. The predicted octanol–water partition coefficient (Wildman–Crippen LogP) is 7.82. The maximum atomic E-state index is 11.1. The number of ether oxygens (including phenoxy) is 9. The third-order valence-electron chi connectivity index (χ3n) is 10.1. The normalized spacial score (nSPS) is 20.5. The Bertz CT molecular complexity index is 1700. The highest BCUT2D eigenvalue weighted by molar-refractivity contribution is 5.48. The van der Waals surface area contributed by atoms with E-state index in [9.17, 15) is 10.2 Å². The SMILES string of the molecule is COc1ccc([C@@H](O)[C@@H](C)Oc2ccc([C@H]3O[C@@H](c4ccc(O[C@H](C)[C@H](O)c5ccc(OC)c(OC)c5)c(OC)c4)[C@@H](C)[C@H]3C)cc2OC)cc1OC. The van der Waals surface area contributed by atoms with Gasteiger partial charge in [0.05, 0.1) is 54.9 Å². The lowest BCUT2D eigenvalue weighted by Gasteiger charge is -2.24. The lowest BCUT2D eigenvalue weighted by Crippen LogP contribution is -2.22. The van der Waals surface area contributed by atoms with Crippen LogP contribution >= 0.6 is 0 Å². The number of methoxy groups -OCH3 is 6. The summed E-state index contributed by atoms with van der Waals surface area (Å²) in [5.74, 6) is 4.62. The second-order valence-electron chi connectivity index (χ2n) is 13.3. The lowest BCUT2D eigenvalue weighted by molar-refractivity contribution is 0.0281. The summed E-state index contributed by atoms with van der Waals surface area (Å²) in [6, 6.07) is 22.1. The van der Waals surface area contributed by atoms with Gasteiger partial charge in [0.1, 0.15) is 24.4 Å². The molecule has 286 valence electrons.